The van der Waals surface area contributed by atoms with E-state index in [0.717, 1.165) is 160 Å². The Bertz CT molecular complexity index is 4110. The van der Waals surface area contributed by atoms with Gasteiger partial charge >= 0.3 is 5.97 Å². The molecular formula is C84H87N3O6S2. The monoisotopic (exact) mass is 1300 g/mol. The molecule has 2 heterocycles. The Labute approximate surface area is 571 Å². The van der Waals surface area contributed by atoms with Crippen molar-refractivity contribution in [1.82, 2.24) is 0 Å². The van der Waals surface area contributed by atoms with E-state index in [-0.39, 0.29) is 5.70 Å². The molecule has 0 amide bonds. The molecule has 0 radical (unpaired) electrons. The fourth-order valence-corrected chi connectivity index (χ4v) is 14.2. The highest BCUT2D eigenvalue weighted by molar-refractivity contribution is 7.19. The van der Waals surface area contributed by atoms with E-state index in [0.29, 0.717) is 32.0 Å². The second-order valence-corrected chi connectivity index (χ2v) is 26.4. The number of benzene rings is 8. The zero-order valence-corrected chi connectivity index (χ0v) is 57.3. The second kappa shape index (κ2) is 33.7. The molecule has 11 rings (SSSR count). The van der Waals surface area contributed by atoms with E-state index < -0.39 is 5.97 Å². The molecule has 1 aliphatic carbocycles. The van der Waals surface area contributed by atoms with Crippen molar-refractivity contribution in [2.24, 2.45) is 0 Å². The zero-order chi connectivity index (χ0) is 65.7. The number of esters is 1. The van der Waals surface area contributed by atoms with Crippen LogP contribution in [0.3, 0.4) is 0 Å². The second-order valence-electron chi connectivity index (χ2n) is 24.2. The van der Waals surface area contributed by atoms with Gasteiger partial charge in [0.2, 0.25) is 0 Å². The van der Waals surface area contributed by atoms with E-state index in [2.05, 4.69) is 249 Å². The van der Waals surface area contributed by atoms with Gasteiger partial charge in [-0.1, -0.05) is 147 Å². The quantitative estimate of drug-likeness (QED) is 0.0171. The topological polar surface area (TPSA) is 74.1 Å². The van der Waals surface area contributed by atoms with Gasteiger partial charge in [-0.05, 0) is 228 Å². The van der Waals surface area contributed by atoms with Gasteiger partial charge in [-0.25, -0.2) is 4.85 Å². The van der Waals surface area contributed by atoms with Crippen molar-refractivity contribution in [1.29, 1.82) is 0 Å². The smallest absolute Gasteiger partial charge is 0.336 e. The third kappa shape index (κ3) is 16.8. The van der Waals surface area contributed by atoms with Crippen molar-refractivity contribution in [3.05, 3.63) is 234 Å². The molecular weight excluding hydrogens is 1210 g/mol. The van der Waals surface area contributed by atoms with Crippen LogP contribution >= 0.6 is 22.7 Å². The number of methoxy groups -OCH3 is 1. The van der Waals surface area contributed by atoms with Crippen molar-refractivity contribution >= 4 is 68.3 Å². The summed E-state index contributed by atoms with van der Waals surface area (Å²) in [5.41, 5.74) is 14.5. The van der Waals surface area contributed by atoms with Crippen LogP contribution in [0, 0.1) is 6.57 Å². The Morgan fingerprint density at radius 2 is 0.621 bits per heavy atom. The van der Waals surface area contributed by atoms with Crippen LogP contribution in [-0.4, -0.2) is 39.5 Å². The Morgan fingerprint density at radius 3 is 0.916 bits per heavy atom. The van der Waals surface area contributed by atoms with E-state index in [9.17, 15) is 4.79 Å². The number of ether oxygens (including phenoxy) is 5. The highest BCUT2D eigenvalue weighted by Gasteiger charge is 2.31. The van der Waals surface area contributed by atoms with Crippen molar-refractivity contribution < 1.29 is 28.5 Å². The Morgan fingerprint density at radius 1 is 0.347 bits per heavy atom. The number of hydrogen-bond donors (Lipinski definition) is 0. The summed E-state index contributed by atoms with van der Waals surface area (Å²) in [4.78, 5) is 26.4. The van der Waals surface area contributed by atoms with Gasteiger partial charge < -0.3 is 33.5 Å². The van der Waals surface area contributed by atoms with E-state index in [1.54, 1.807) is 22.7 Å². The molecule has 11 heteroatoms. The van der Waals surface area contributed by atoms with Crippen molar-refractivity contribution in [3.63, 3.8) is 0 Å². The van der Waals surface area contributed by atoms with Gasteiger partial charge in [0.1, 0.15) is 23.0 Å². The summed E-state index contributed by atoms with van der Waals surface area (Å²) in [5.74, 6) is 2.82. The molecule has 0 aliphatic heterocycles. The number of carbonyl (C=O) groups excluding carboxylic acids is 1. The van der Waals surface area contributed by atoms with E-state index in [4.69, 9.17) is 30.3 Å². The molecule has 0 bridgehead atoms. The first-order valence-corrected chi connectivity index (χ1v) is 35.8. The molecule has 1 aliphatic rings. The number of unbranched alkanes of at least 4 members (excludes halogenated alkanes) is 11. The number of rotatable bonds is 34. The van der Waals surface area contributed by atoms with Crippen LogP contribution < -0.4 is 28.7 Å². The van der Waals surface area contributed by atoms with Crippen molar-refractivity contribution in [2.45, 2.75) is 124 Å². The summed E-state index contributed by atoms with van der Waals surface area (Å²) in [6.07, 6.45) is 17.3. The average Bonchev–Trinajstić information content (AvgIpc) is 1.59. The van der Waals surface area contributed by atoms with Crippen LogP contribution in [0.15, 0.2) is 212 Å². The zero-order valence-electron chi connectivity index (χ0n) is 55.7. The SMILES string of the molecule is [C-]#[N+]/C(C(=O)OC)=C1/c2cc(-c3ccc(-c4ccc(N(c5ccc(OCCCCC)cc5)c5ccc(OCCCCCC)cc5)cc4)s3)ccc2-c2ccc(-c3ccc(-c4ccc(N(c5ccc(OCCCCCC)cc5)c5ccc(OCCCCCC)cc5)cc4)s3)cc21. The van der Waals surface area contributed by atoms with Gasteiger partial charge in [-0.2, -0.15) is 0 Å². The molecule has 0 fully saturated rings. The summed E-state index contributed by atoms with van der Waals surface area (Å²) >= 11 is 3.43. The first-order valence-electron chi connectivity index (χ1n) is 34.2. The van der Waals surface area contributed by atoms with Gasteiger partial charge in [0.25, 0.3) is 5.70 Å². The Kier molecular flexibility index (Phi) is 23.8. The minimum absolute atomic E-state index is 0.0401. The molecule has 0 saturated carbocycles. The maximum Gasteiger partial charge on any atom is 0.336 e. The maximum atomic E-state index is 13.6. The number of anilines is 6. The Balaban J connectivity index is 0.824. The molecule has 486 valence electrons. The summed E-state index contributed by atoms with van der Waals surface area (Å²) in [6, 6.07) is 72.6. The van der Waals surface area contributed by atoms with E-state index in [1.807, 2.05) is 0 Å². The summed E-state index contributed by atoms with van der Waals surface area (Å²) in [7, 11) is 1.34. The number of nitrogens with zero attached hydrogens (tertiary/aromatic N) is 3. The van der Waals surface area contributed by atoms with Gasteiger partial charge in [0, 0.05) is 59.2 Å². The lowest BCUT2D eigenvalue weighted by molar-refractivity contribution is -0.135. The van der Waals surface area contributed by atoms with Crippen LogP contribution in [-0.2, 0) is 9.53 Å². The number of carbonyl (C=O) groups is 1. The number of fused-ring (bicyclic) bond motifs is 3. The largest absolute Gasteiger partial charge is 0.494 e. The number of hydrogen-bond acceptors (Lipinski definition) is 10. The lowest BCUT2D eigenvalue weighted by Crippen LogP contribution is -2.10. The first kappa shape index (κ1) is 67.1. The molecule has 0 atom stereocenters. The normalized spacial score (nSPS) is 12.0. The van der Waals surface area contributed by atoms with Crippen LogP contribution in [0.5, 0.6) is 23.0 Å². The van der Waals surface area contributed by atoms with E-state index >= 15 is 0 Å². The standard InChI is InChI=1S/C84H87N3O6S2/c1-7-11-15-19-55-91-71-42-34-67(35-43-71)86(66-32-40-70(41-33-66)90-54-18-14-10-4)64-28-22-60(23-29-64)78-50-52-80(94-78)62-26-48-74-75-49-27-63(59-77(75)82(76(74)58-62)83(85-5)84(88)89-6)81-53-51-79(95-81)61-24-30-65(31-25-61)87(68-36-44-72(45-37-68)92-56-20-16-12-8-2)69-38-46-73(47-39-69)93-57-21-17-13-9-3/h22-53,58-59H,7-21,54-57H2,1-4,6H3/b83-82-. The van der Waals surface area contributed by atoms with Crippen molar-refractivity contribution in [3.8, 4) is 75.9 Å². The molecule has 0 saturated heterocycles. The molecule has 2 aromatic heterocycles. The van der Waals surface area contributed by atoms with Gasteiger partial charge in [0.15, 0.2) is 0 Å². The predicted octanol–water partition coefficient (Wildman–Crippen LogP) is 24.7. The third-order valence-electron chi connectivity index (χ3n) is 17.4. The molecule has 8 aromatic carbocycles. The highest BCUT2D eigenvalue weighted by Crippen LogP contribution is 2.51. The number of thiophene rings is 2. The summed E-state index contributed by atoms with van der Waals surface area (Å²) in [5, 5.41) is 0. The van der Waals surface area contributed by atoms with Gasteiger partial charge in [0.05, 0.1) is 40.1 Å². The minimum Gasteiger partial charge on any atom is -0.494 e. The maximum absolute atomic E-state index is 13.6. The summed E-state index contributed by atoms with van der Waals surface area (Å²) < 4.78 is 29.9. The minimum atomic E-state index is -0.660. The molecule has 9 nitrogen and oxygen atoms in total. The van der Waals surface area contributed by atoms with Crippen LogP contribution in [0.1, 0.15) is 135 Å². The van der Waals surface area contributed by atoms with Gasteiger partial charge in [-0.3, -0.25) is 4.79 Å². The first-order chi connectivity index (χ1) is 46.8. The fraction of sp³-hybridized carbons (Fsp3) is 0.286. The predicted molar refractivity (Wildman–Crippen MR) is 397 cm³/mol. The highest BCUT2D eigenvalue weighted by atomic mass is 32.1. The van der Waals surface area contributed by atoms with Crippen LogP contribution in [0.2, 0.25) is 0 Å². The lowest BCUT2D eigenvalue weighted by atomic mass is 9.98. The summed E-state index contributed by atoms with van der Waals surface area (Å²) in [6.45, 7) is 20.1. The fourth-order valence-electron chi connectivity index (χ4n) is 12.2. The molecule has 0 N–H and O–H groups in total. The molecule has 0 unspecified atom stereocenters. The Hall–Kier alpha value is -9.34. The molecule has 10 aromatic rings. The third-order valence-corrected chi connectivity index (χ3v) is 19.8. The van der Waals surface area contributed by atoms with E-state index in [1.165, 1.54) is 64.9 Å². The van der Waals surface area contributed by atoms with Gasteiger partial charge in [-0.15, -0.1) is 22.7 Å². The molecule has 95 heavy (non-hydrogen) atoms. The average molecular weight is 1300 g/mol. The van der Waals surface area contributed by atoms with Crippen LogP contribution in [0.25, 0.3) is 63.3 Å². The van der Waals surface area contributed by atoms with Crippen LogP contribution in [0.4, 0.5) is 34.1 Å². The lowest BCUT2D eigenvalue weighted by Gasteiger charge is -2.26. The van der Waals surface area contributed by atoms with Crippen molar-refractivity contribution in [2.75, 3.05) is 43.3 Å². The molecule has 0 spiro atoms.